The highest BCUT2D eigenvalue weighted by atomic mass is 35.5. The number of anilines is 2. The predicted octanol–water partition coefficient (Wildman–Crippen LogP) is 3.37. The summed E-state index contributed by atoms with van der Waals surface area (Å²) in [6.45, 7) is 1.97. The van der Waals surface area contributed by atoms with Gasteiger partial charge >= 0.3 is 0 Å². The van der Waals surface area contributed by atoms with Gasteiger partial charge in [0.15, 0.2) is 6.29 Å². The Balaban J connectivity index is 1.79. The third kappa shape index (κ3) is 4.64. The van der Waals surface area contributed by atoms with Crippen LogP contribution in [-0.4, -0.2) is 43.8 Å². The zero-order valence-electron chi connectivity index (χ0n) is 18.1. The van der Waals surface area contributed by atoms with Gasteiger partial charge in [0.1, 0.15) is 5.82 Å². The largest absolute Gasteiger partial charge is 0.364 e. The van der Waals surface area contributed by atoms with E-state index in [0.29, 0.717) is 27.4 Å². The first kappa shape index (κ1) is 23.3. The smallest absolute Gasteiger partial charge is 0.262 e. The van der Waals surface area contributed by atoms with Gasteiger partial charge in [0.2, 0.25) is 5.95 Å². The minimum absolute atomic E-state index is 0.0845. The third-order valence-electron chi connectivity index (χ3n) is 5.87. The molecule has 2 aromatic heterocycles. The van der Waals surface area contributed by atoms with Gasteiger partial charge in [0.25, 0.3) is 11.5 Å². The van der Waals surface area contributed by atoms with Gasteiger partial charge in [-0.1, -0.05) is 11.6 Å². The summed E-state index contributed by atoms with van der Waals surface area (Å²) in [7, 11) is 1.56. The molecule has 0 bridgehead atoms. The number of piperidine rings is 1. The number of benzene rings is 1. The second-order valence-electron chi connectivity index (χ2n) is 8.19. The minimum atomic E-state index is -2.72. The molecule has 3 heterocycles. The standard InChI is InChI=1S/C22H24ClF2N5O3/c1-12(27-18-14(20(32)33)4-3-7-26-18)15-10-13(23)11-16-17(15)28-21(29(2)19(16)31)30-8-5-22(24,25)6-9-30/h3-4,7,10-12,20,32-33H,5-6,8-9H2,1-2H3,(H,26,27)/t12-/m1/s1. The van der Waals surface area contributed by atoms with Gasteiger partial charge in [-0.05, 0) is 31.2 Å². The minimum Gasteiger partial charge on any atom is -0.364 e. The Hall–Kier alpha value is -2.82. The highest BCUT2D eigenvalue weighted by molar-refractivity contribution is 6.31. The van der Waals surface area contributed by atoms with Crippen molar-refractivity contribution in [2.24, 2.45) is 7.05 Å². The van der Waals surface area contributed by atoms with E-state index in [2.05, 4.69) is 10.3 Å². The molecule has 1 aliphatic rings. The maximum Gasteiger partial charge on any atom is 0.262 e. The number of nitrogens with one attached hydrogen (secondary N) is 1. The molecule has 0 saturated carbocycles. The number of rotatable bonds is 5. The maximum atomic E-state index is 13.7. The normalized spacial score (nSPS) is 16.9. The molecule has 1 atom stereocenters. The summed E-state index contributed by atoms with van der Waals surface area (Å²) in [5.74, 6) is -2.15. The van der Waals surface area contributed by atoms with Gasteiger partial charge in [0.05, 0.1) is 16.9 Å². The predicted molar refractivity (Wildman–Crippen MR) is 122 cm³/mol. The van der Waals surface area contributed by atoms with Gasteiger partial charge in [-0.2, -0.15) is 0 Å². The first-order valence-corrected chi connectivity index (χ1v) is 10.9. The summed E-state index contributed by atoms with van der Waals surface area (Å²) in [5.41, 5.74) is 0.821. The molecule has 1 aliphatic heterocycles. The van der Waals surface area contributed by atoms with Crippen LogP contribution in [0.4, 0.5) is 20.5 Å². The van der Waals surface area contributed by atoms with Gasteiger partial charge in [-0.25, -0.2) is 18.7 Å². The summed E-state index contributed by atoms with van der Waals surface area (Å²) < 4.78 is 28.7. The van der Waals surface area contributed by atoms with Crippen LogP contribution in [0.5, 0.6) is 0 Å². The number of halogens is 3. The number of nitrogens with zero attached hydrogens (tertiary/aromatic N) is 4. The van der Waals surface area contributed by atoms with Gasteiger partial charge < -0.3 is 20.4 Å². The van der Waals surface area contributed by atoms with Crippen molar-refractivity contribution in [3.05, 3.63) is 57.0 Å². The van der Waals surface area contributed by atoms with Crippen molar-refractivity contribution in [1.82, 2.24) is 14.5 Å². The van der Waals surface area contributed by atoms with E-state index >= 15 is 0 Å². The number of fused-ring (bicyclic) bond motifs is 1. The van der Waals surface area contributed by atoms with Crippen LogP contribution in [0, 0.1) is 0 Å². The fourth-order valence-corrected chi connectivity index (χ4v) is 4.26. The SMILES string of the molecule is C[C@@H](Nc1ncccc1C(O)O)c1cc(Cl)cc2c(=O)n(C)c(N3CCC(F)(F)CC3)nc12. The number of pyridine rings is 1. The van der Waals surface area contributed by atoms with Crippen LogP contribution in [0.15, 0.2) is 35.3 Å². The Labute approximate surface area is 193 Å². The Bertz CT molecular complexity index is 1240. The van der Waals surface area contributed by atoms with Crippen LogP contribution in [-0.2, 0) is 7.05 Å². The van der Waals surface area contributed by atoms with Crippen LogP contribution >= 0.6 is 11.6 Å². The van der Waals surface area contributed by atoms with Gasteiger partial charge in [-0.15, -0.1) is 0 Å². The van der Waals surface area contributed by atoms with Crippen molar-refractivity contribution < 1.29 is 19.0 Å². The average molecular weight is 480 g/mol. The fourth-order valence-electron chi connectivity index (χ4n) is 4.03. The number of aromatic nitrogens is 3. The van der Waals surface area contributed by atoms with Crippen molar-refractivity contribution in [3.63, 3.8) is 0 Å². The molecule has 0 amide bonds. The molecule has 11 heteroatoms. The number of hydrogen-bond acceptors (Lipinski definition) is 7. The Morgan fingerprint density at radius 3 is 2.58 bits per heavy atom. The van der Waals surface area contributed by atoms with E-state index in [0.717, 1.165) is 0 Å². The van der Waals surface area contributed by atoms with E-state index in [1.807, 2.05) is 0 Å². The maximum absolute atomic E-state index is 13.7. The van der Waals surface area contributed by atoms with Crippen molar-refractivity contribution in [2.45, 2.75) is 38.0 Å². The van der Waals surface area contributed by atoms with Gasteiger partial charge in [0, 0.05) is 55.3 Å². The van der Waals surface area contributed by atoms with E-state index in [1.54, 1.807) is 31.0 Å². The second kappa shape index (κ2) is 8.85. The summed E-state index contributed by atoms with van der Waals surface area (Å²) >= 11 is 6.30. The van der Waals surface area contributed by atoms with Crippen LogP contribution in [0.1, 0.15) is 43.2 Å². The van der Waals surface area contributed by atoms with E-state index in [-0.39, 0.29) is 42.9 Å². The zero-order valence-corrected chi connectivity index (χ0v) is 18.9. The lowest BCUT2D eigenvalue weighted by molar-refractivity contribution is -0.0421. The first-order chi connectivity index (χ1) is 15.6. The zero-order chi connectivity index (χ0) is 23.9. The van der Waals surface area contributed by atoms with E-state index in [4.69, 9.17) is 16.6 Å². The number of hydrogen-bond donors (Lipinski definition) is 3. The summed E-state index contributed by atoms with van der Waals surface area (Å²) in [4.78, 5) is 23.7. The van der Waals surface area contributed by atoms with Gasteiger partial charge in [-0.3, -0.25) is 9.36 Å². The average Bonchev–Trinajstić information content (AvgIpc) is 2.76. The molecule has 33 heavy (non-hydrogen) atoms. The molecule has 0 unspecified atom stereocenters. The number of aliphatic hydroxyl groups excluding tert-OH is 1. The molecule has 0 radical (unpaired) electrons. The third-order valence-corrected chi connectivity index (χ3v) is 6.08. The first-order valence-electron chi connectivity index (χ1n) is 10.5. The number of alkyl halides is 2. The molecular weight excluding hydrogens is 456 g/mol. The Kier molecular flexibility index (Phi) is 6.26. The van der Waals surface area contributed by atoms with Crippen molar-refractivity contribution >= 4 is 34.3 Å². The van der Waals surface area contributed by atoms with Crippen LogP contribution in [0.2, 0.25) is 5.02 Å². The lowest BCUT2D eigenvalue weighted by Crippen LogP contribution is -2.42. The topological polar surface area (TPSA) is 104 Å². The molecule has 0 spiro atoms. The molecule has 1 fully saturated rings. The van der Waals surface area contributed by atoms with E-state index < -0.39 is 18.3 Å². The quantitative estimate of drug-likeness (QED) is 0.482. The fraction of sp³-hybridized carbons (Fsp3) is 0.409. The Morgan fingerprint density at radius 1 is 1.21 bits per heavy atom. The molecule has 4 rings (SSSR count). The lowest BCUT2D eigenvalue weighted by Gasteiger charge is -2.33. The molecule has 3 aromatic rings. The molecular formula is C22H24ClF2N5O3. The summed E-state index contributed by atoms with van der Waals surface area (Å²) in [6, 6.07) is 5.83. The van der Waals surface area contributed by atoms with Crippen molar-refractivity contribution in [1.29, 1.82) is 0 Å². The van der Waals surface area contributed by atoms with Crippen LogP contribution < -0.4 is 15.8 Å². The Morgan fingerprint density at radius 2 is 1.91 bits per heavy atom. The highest BCUT2D eigenvalue weighted by Crippen LogP contribution is 2.33. The lowest BCUT2D eigenvalue weighted by atomic mass is 10.0. The molecule has 176 valence electrons. The highest BCUT2D eigenvalue weighted by Gasteiger charge is 2.35. The summed E-state index contributed by atoms with van der Waals surface area (Å²) in [6.07, 6.45) is -0.829. The summed E-state index contributed by atoms with van der Waals surface area (Å²) in [5, 5.41) is 23.0. The molecule has 0 aliphatic carbocycles. The molecule has 1 aromatic carbocycles. The molecule has 8 nitrogen and oxygen atoms in total. The van der Waals surface area contributed by atoms with E-state index in [1.165, 1.54) is 22.9 Å². The van der Waals surface area contributed by atoms with E-state index in [9.17, 15) is 23.8 Å². The van der Waals surface area contributed by atoms with Crippen LogP contribution in [0.25, 0.3) is 10.9 Å². The number of aliphatic hydroxyl groups is 2. The molecule has 3 N–H and O–H groups in total. The molecule has 1 saturated heterocycles. The van der Waals surface area contributed by atoms with Crippen LogP contribution in [0.3, 0.4) is 0 Å². The monoisotopic (exact) mass is 479 g/mol. The van der Waals surface area contributed by atoms with Crippen molar-refractivity contribution in [2.75, 3.05) is 23.3 Å². The van der Waals surface area contributed by atoms with Crippen molar-refractivity contribution in [3.8, 4) is 0 Å². The second-order valence-corrected chi connectivity index (χ2v) is 8.63.